The standard InChI is InChI=1S/C40H25N5O/c1-4-14-26(15-5-1)37-42-38(27-16-6-2-7-17-27)44-39(43-37)29-20-12-24-33-35(29)36-30(21-13-25-34(36)46-33)40-41-31-22-10-11-23-32(31)45(40)28-18-8-3-9-19-28/h1-25H. The molecule has 46 heavy (non-hydrogen) atoms. The second kappa shape index (κ2) is 10.6. The number of hydrogen-bond donors (Lipinski definition) is 0. The van der Waals surface area contributed by atoms with Crippen molar-refractivity contribution in [1.29, 1.82) is 0 Å². The maximum atomic E-state index is 6.52. The van der Waals surface area contributed by atoms with Gasteiger partial charge < -0.3 is 4.42 Å². The third kappa shape index (κ3) is 4.27. The first-order chi connectivity index (χ1) is 22.8. The molecule has 6 heteroatoms. The molecule has 3 aromatic heterocycles. The maximum Gasteiger partial charge on any atom is 0.164 e. The molecule has 0 saturated heterocycles. The van der Waals surface area contributed by atoms with Crippen LogP contribution in [0.3, 0.4) is 0 Å². The fourth-order valence-corrected chi connectivity index (χ4v) is 6.21. The van der Waals surface area contributed by atoms with Gasteiger partial charge in [0.15, 0.2) is 17.5 Å². The van der Waals surface area contributed by atoms with Crippen molar-refractivity contribution in [2.24, 2.45) is 0 Å². The fraction of sp³-hybridized carbons (Fsp3) is 0. The first-order valence-electron chi connectivity index (χ1n) is 15.2. The lowest BCUT2D eigenvalue weighted by Crippen LogP contribution is -2.00. The molecule has 6 nitrogen and oxygen atoms in total. The summed E-state index contributed by atoms with van der Waals surface area (Å²) in [7, 11) is 0. The molecule has 216 valence electrons. The third-order valence-corrected chi connectivity index (χ3v) is 8.28. The van der Waals surface area contributed by atoms with Gasteiger partial charge >= 0.3 is 0 Å². The molecular weight excluding hydrogens is 566 g/mol. The highest BCUT2D eigenvalue weighted by Gasteiger charge is 2.23. The molecule has 3 heterocycles. The molecule has 0 unspecified atom stereocenters. The molecule has 0 aliphatic carbocycles. The number of nitrogens with zero attached hydrogens (tertiary/aromatic N) is 5. The Hall–Kier alpha value is -6.40. The zero-order chi connectivity index (χ0) is 30.5. The van der Waals surface area contributed by atoms with E-state index in [-0.39, 0.29) is 0 Å². The second-order valence-corrected chi connectivity index (χ2v) is 11.1. The highest BCUT2D eigenvalue weighted by molar-refractivity contribution is 6.17. The molecule has 0 atom stereocenters. The van der Waals surface area contributed by atoms with Crippen LogP contribution in [0.2, 0.25) is 0 Å². The second-order valence-electron chi connectivity index (χ2n) is 11.1. The molecule has 0 amide bonds. The summed E-state index contributed by atoms with van der Waals surface area (Å²) in [4.78, 5) is 20.2. The van der Waals surface area contributed by atoms with Crippen molar-refractivity contribution in [3.05, 3.63) is 152 Å². The first-order valence-corrected chi connectivity index (χ1v) is 15.2. The summed E-state index contributed by atoms with van der Waals surface area (Å²) in [6.45, 7) is 0. The van der Waals surface area contributed by atoms with Crippen molar-refractivity contribution < 1.29 is 4.42 Å². The van der Waals surface area contributed by atoms with Crippen LogP contribution in [0.15, 0.2) is 156 Å². The monoisotopic (exact) mass is 591 g/mol. The number of furan rings is 1. The number of benzene rings is 6. The van der Waals surface area contributed by atoms with E-state index in [0.29, 0.717) is 17.5 Å². The summed E-state index contributed by atoms with van der Waals surface area (Å²) >= 11 is 0. The molecule has 0 aliphatic rings. The number of para-hydroxylation sites is 3. The number of hydrogen-bond acceptors (Lipinski definition) is 5. The van der Waals surface area contributed by atoms with Crippen molar-refractivity contribution in [2.45, 2.75) is 0 Å². The van der Waals surface area contributed by atoms with Gasteiger partial charge in [0.2, 0.25) is 0 Å². The van der Waals surface area contributed by atoms with E-state index in [2.05, 4.69) is 59.2 Å². The normalized spacial score (nSPS) is 11.5. The van der Waals surface area contributed by atoms with Gasteiger partial charge in [0.25, 0.3) is 0 Å². The van der Waals surface area contributed by atoms with Gasteiger partial charge in [-0.05, 0) is 36.4 Å². The van der Waals surface area contributed by atoms with Gasteiger partial charge in [0.05, 0.1) is 11.0 Å². The van der Waals surface area contributed by atoms with E-state index in [9.17, 15) is 0 Å². The Bertz CT molecular complexity index is 2460. The maximum absolute atomic E-state index is 6.52. The van der Waals surface area contributed by atoms with Crippen LogP contribution in [-0.4, -0.2) is 24.5 Å². The van der Waals surface area contributed by atoms with Crippen molar-refractivity contribution in [2.75, 3.05) is 0 Å². The Morgan fingerprint density at radius 3 is 1.59 bits per heavy atom. The highest BCUT2D eigenvalue weighted by atomic mass is 16.3. The first kappa shape index (κ1) is 26.0. The molecule has 9 aromatic rings. The zero-order valence-electron chi connectivity index (χ0n) is 24.6. The summed E-state index contributed by atoms with van der Waals surface area (Å²) in [6, 6.07) is 50.9. The largest absolute Gasteiger partial charge is 0.456 e. The summed E-state index contributed by atoms with van der Waals surface area (Å²) in [5.74, 6) is 2.63. The van der Waals surface area contributed by atoms with E-state index in [1.165, 1.54) is 0 Å². The Morgan fingerprint density at radius 2 is 0.935 bits per heavy atom. The third-order valence-electron chi connectivity index (χ3n) is 8.28. The van der Waals surface area contributed by atoms with Crippen LogP contribution >= 0.6 is 0 Å². The van der Waals surface area contributed by atoms with E-state index >= 15 is 0 Å². The number of fused-ring (bicyclic) bond motifs is 4. The molecule has 0 fully saturated rings. The molecular formula is C40H25N5O. The van der Waals surface area contributed by atoms with Crippen molar-refractivity contribution >= 4 is 33.0 Å². The average Bonchev–Trinajstić information content (AvgIpc) is 3.72. The van der Waals surface area contributed by atoms with Crippen LogP contribution in [-0.2, 0) is 0 Å². The van der Waals surface area contributed by atoms with Crippen LogP contribution in [0.25, 0.3) is 84.2 Å². The van der Waals surface area contributed by atoms with Crippen molar-refractivity contribution in [3.63, 3.8) is 0 Å². The Kier molecular flexibility index (Phi) is 6.03. The number of imidazole rings is 1. The van der Waals surface area contributed by atoms with Crippen LogP contribution in [0.4, 0.5) is 0 Å². The SMILES string of the molecule is c1ccc(-c2nc(-c3ccccc3)nc(-c3cccc4oc5cccc(-c6nc7ccccc7n6-c6ccccc6)c5c34)n2)cc1. The Labute approximate surface area is 264 Å². The quantitative estimate of drug-likeness (QED) is 0.199. The van der Waals surface area contributed by atoms with Gasteiger partial charge in [-0.3, -0.25) is 4.57 Å². The lowest BCUT2D eigenvalue weighted by atomic mass is 10.0. The summed E-state index contributed by atoms with van der Waals surface area (Å²) in [6.07, 6.45) is 0. The zero-order valence-corrected chi connectivity index (χ0v) is 24.6. The van der Waals surface area contributed by atoms with Crippen molar-refractivity contribution in [3.8, 4) is 51.2 Å². The molecule has 0 aliphatic heterocycles. The lowest BCUT2D eigenvalue weighted by Gasteiger charge is -2.11. The smallest absolute Gasteiger partial charge is 0.164 e. The summed E-state index contributed by atoms with van der Waals surface area (Å²) in [5.41, 5.74) is 8.18. The number of aromatic nitrogens is 5. The average molecular weight is 592 g/mol. The minimum Gasteiger partial charge on any atom is -0.456 e. The van der Waals surface area contributed by atoms with Crippen LogP contribution < -0.4 is 0 Å². The van der Waals surface area contributed by atoms with E-state index in [1.54, 1.807) is 0 Å². The Morgan fingerprint density at radius 1 is 0.413 bits per heavy atom. The van der Waals surface area contributed by atoms with Gasteiger partial charge in [-0.25, -0.2) is 19.9 Å². The molecule has 0 bridgehead atoms. The van der Waals surface area contributed by atoms with Gasteiger partial charge in [0, 0.05) is 38.7 Å². The van der Waals surface area contributed by atoms with Crippen molar-refractivity contribution in [1.82, 2.24) is 24.5 Å². The van der Waals surface area contributed by atoms with Gasteiger partial charge in [-0.2, -0.15) is 0 Å². The van der Waals surface area contributed by atoms with E-state index < -0.39 is 0 Å². The van der Waals surface area contributed by atoms with Gasteiger partial charge in [-0.1, -0.05) is 115 Å². The molecule has 6 aromatic carbocycles. The van der Waals surface area contributed by atoms with E-state index in [1.807, 2.05) is 97.1 Å². The molecule has 0 N–H and O–H groups in total. The predicted octanol–water partition coefficient (Wildman–Crippen LogP) is 9.78. The van der Waals surface area contributed by atoms with E-state index in [0.717, 1.165) is 66.7 Å². The summed E-state index contributed by atoms with van der Waals surface area (Å²) < 4.78 is 8.74. The highest BCUT2D eigenvalue weighted by Crippen LogP contribution is 2.42. The summed E-state index contributed by atoms with van der Waals surface area (Å²) in [5, 5.41) is 1.90. The minimum absolute atomic E-state index is 0.576. The molecule has 0 spiro atoms. The molecule has 0 saturated carbocycles. The topological polar surface area (TPSA) is 69.6 Å². The van der Waals surface area contributed by atoms with Crippen LogP contribution in [0, 0.1) is 0 Å². The molecule has 0 radical (unpaired) electrons. The van der Waals surface area contributed by atoms with Gasteiger partial charge in [-0.15, -0.1) is 0 Å². The fourth-order valence-electron chi connectivity index (χ4n) is 6.21. The van der Waals surface area contributed by atoms with E-state index in [4.69, 9.17) is 24.4 Å². The predicted molar refractivity (Wildman–Crippen MR) is 183 cm³/mol. The number of rotatable bonds is 5. The lowest BCUT2D eigenvalue weighted by molar-refractivity contribution is 0.669. The van der Waals surface area contributed by atoms with Gasteiger partial charge in [0.1, 0.15) is 17.0 Å². The minimum atomic E-state index is 0.576. The Balaban J connectivity index is 1.35. The van der Waals surface area contributed by atoms with Crippen LogP contribution in [0.1, 0.15) is 0 Å². The van der Waals surface area contributed by atoms with Crippen LogP contribution in [0.5, 0.6) is 0 Å². The molecule has 9 rings (SSSR count).